The van der Waals surface area contributed by atoms with Gasteiger partial charge in [0.25, 0.3) is 0 Å². The number of carbonyl (C=O) groups is 1. The third-order valence-corrected chi connectivity index (χ3v) is 3.22. The second kappa shape index (κ2) is 9.28. The first-order chi connectivity index (χ1) is 8.91. The summed E-state index contributed by atoms with van der Waals surface area (Å²) in [7, 11) is 3.68. The van der Waals surface area contributed by atoms with Crippen LogP contribution >= 0.6 is 0 Å². The van der Waals surface area contributed by atoms with Gasteiger partial charge in [-0.1, -0.05) is 6.92 Å². The summed E-state index contributed by atoms with van der Waals surface area (Å²) in [5, 5.41) is 3.30. The van der Waals surface area contributed by atoms with Crippen molar-refractivity contribution in [1.29, 1.82) is 0 Å². The van der Waals surface area contributed by atoms with Crippen LogP contribution in [0.25, 0.3) is 0 Å². The second-order valence-corrected chi connectivity index (χ2v) is 5.20. The lowest BCUT2D eigenvalue weighted by Gasteiger charge is -2.35. The highest BCUT2D eigenvalue weighted by Gasteiger charge is 2.36. The van der Waals surface area contributed by atoms with Crippen LogP contribution in [0.1, 0.15) is 34.1 Å². The molecule has 0 saturated heterocycles. The molecular formula is C14H30N2O3. The van der Waals surface area contributed by atoms with Crippen molar-refractivity contribution in [2.24, 2.45) is 0 Å². The van der Waals surface area contributed by atoms with Crippen LogP contribution in [-0.4, -0.2) is 62.9 Å². The zero-order valence-electron chi connectivity index (χ0n) is 13.3. The smallest absolute Gasteiger partial charge is 0.327 e. The van der Waals surface area contributed by atoms with E-state index >= 15 is 0 Å². The van der Waals surface area contributed by atoms with Crippen LogP contribution in [0.3, 0.4) is 0 Å². The number of ether oxygens (including phenoxy) is 2. The fourth-order valence-electron chi connectivity index (χ4n) is 1.91. The SMILES string of the molecule is CCCNC(C)(CN(C)C(C)COC)C(=O)OCC. The number of hydrogen-bond acceptors (Lipinski definition) is 5. The number of esters is 1. The van der Waals surface area contributed by atoms with E-state index in [2.05, 4.69) is 24.1 Å². The lowest BCUT2D eigenvalue weighted by Crippen LogP contribution is -2.58. The summed E-state index contributed by atoms with van der Waals surface area (Å²) >= 11 is 0. The molecule has 5 heteroatoms. The topological polar surface area (TPSA) is 50.8 Å². The Morgan fingerprint density at radius 2 is 2.05 bits per heavy atom. The third kappa shape index (κ3) is 6.36. The lowest BCUT2D eigenvalue weighted by atomic mass is 10.0. The van der Waals surface area contributed by atoms with E-state index in [0.29, 0.717) is 19.8 Å². The van der Waals surface area contributed by atoms with Crippen molar-refractivity contribution >= 4 is 5.97 Å². The van der Waals surface area contributed by atoms with Crippen molar-refractivity contribution in [1.82, 2.24) is 10.2 Å². The molecule has 0 aliphatic carbocycles. The monoisotopic (exact) mass is 274 g/mol. The van der Waals surface area contributed by atoms with E-state index in [9.17, 15) is 4.79 Å². The minimum absolute atomic E-state index is 0.195. The van der Waals surface area contributed by atoms with Gasteiger partial charge in [-0.3, -0.25) is 9.69 Å². The summed E-state index contributed by atoms with van der Waals surface area (Å²) < 4.78 is 10.3. The number of likely N-dealkylation sites (N-methyl/N-ethyl adjacent to an activating group) is 1. The molecule has 0 aromatic carbocycles. The standard InChI is InChI=1S/C14H30N2O3/c1-7-9-15-14(4,13(17)19-8-2)11-16(5)12(3)10-18-6/h12,15H,7-11H2,1-6H3. The molecule has 0 saturated carbocycles. The molecule has 1 N–H and O–H groups in total. The molecule has 0 aliphatic rings. The molecule has 0 aromatic rings. The normalized spacial score (nSPS) is 16.2. The number of methoxy groups -OCH3 is 1. The summed E-state index contributed by atoms with van der Waals surface area (Å²) in [6.07, 6.45) is 0.979. The predicted molar refractivity (Wildman–Crippen MR) is 77.3 cm³/mol. The minimum atomic E-state index is -0.678. The van der Waals surface area contributed by atoms with Gasteiger partial charge in [-0.2, -0.15) is 0 Å². The van der Waals surface area contributed by atoms with Gasteiger partial charge in [-0.15, -0.1) is 0 Å². The highest BCUT2D eigenvalue weighted by molar-refractivity contribution is 5.80. The van der Waals surface area contributed by atoms with E-state index in [1.807, 2.05) is 20.9 Å². The van der Waals surface area contributed by atoms with E-state index in [1.54, 1.807) is 7.11 Å². The summed E-state index contributed by atoms with van der Waals surface area (Å²) in [6, 6.07) is 0.252. The summed E-state index contributed by atoms with van der Waals surface area (Å²) in [5.41, 5.74) is -0.678. The van der Waals surface area contributed by atoms with Crippen LogP contribution in [0.15, 0.2) is 0 Å². The van der Waals surface area contributed by atoms with Crippen molar-refractivity contribution in [2.45, 2.75) is 45.7 Å². The van der Waals surface area contributed by atoms with E-state index < -0.39 is 5.54 Å². The quantitative estimate of drug-likeness (QED) is 0.608. The fourth-order valence-corrected chi connectivity index (χ4v) is 1.91. The van der Waals surface area contributed by atoms with Gasteiger partial charge in [-0.05, 0) is 40.8 Å². The zero-order valence-corrected chi connectivity index (χ0v) is 13.3. The molecular weight excluding hydrogens is 244 g/mol. The lowest BCUT2D eigenvalue weighted by molar-refractivity contribution is -0.151. The number of hydrogen-bond donors (Lipinski definition) is 1. The largest absolute Gasteiger partial charge is 0.465 e. The average Bonchev–Trinajstić information content (AvgIpc) is 2.36. The van der Waals surface area contributed by atoms with Crippen LogP contribution in [0, 0.1) is 0 Å². The number of nitrogens with zero attached hydrogens (tertiary/aromatic N) is 1. The first-order valence-electron chi connectivity index (χ1n) is 7.02. The van der Waals surface area contributed by atoms with Crippen molar-refractivity contribution in [3.8, 4) is 0 Å². The fraction of sp³-hybridized carbons (Fsp3) is 0.929. The van der Waals surface area contributed by atoms with Crippen molar-refractivity contribution in [3.05, 3.63) is 0 Å². The van der Waals surface area contributed by atoms with E-state index in [-0.39, 0.29) is 12.0 Å². The first-order valence-corrected chi connectivity index (χ1v) is 7.02. The van der Waals surface area contributed by atoms with Crippen molar-refractivity contribution < 1.29 is 14.3 Å². The Balaban J connectivity index is 4.69. The molecule has 5 nitrogen and oxygen atoms in total. The molecule has 2 atom stereocenters. The maximum Gasteiger partial charge on any atom is 0.327 e. The van der Waals surface area contributed by atoms with E-state index in [4.69, 9.17) is 9.47 Å². The first kappa shape index (κ1) is 18.4. The van der Waals surface area contributed by atoms with E-state index in [1.165, 1.54) is 0 Å². The molecule has 0 spiro atoms. The van der Waals surface area contributed by atoms with E-state index in [0.717, 1.165) is 13.0 Å². The van der Waals surface area contributed by atoms with Crippen molar-refractivity contribution in [2.75, 3.05) is 40.5 Å². The van der Waals surface area contributed by atoms with Gasteiger partial charge >= 0.3 is 5.97 Å². The zero-order chi connectivity index (χ0) is 14.9. The molecule has 0 radical (unpaired) electrons. The van der Waals surface area contributed by atoms with Crippen LogP contribution in [0.5, 0.6) is 0 Å². The molecule has 0 rings (SSSR count). The van der Waals surface area contributed by atoms with Crippen LogP contribution in [0.4, 0.5) is 0 Å². The Bertz CT molecular complexity index is 261. The van der Waals surface area contributed by atoms with Gasteiger partial charge in [-0.25, -0.2) is 0 Å². The van der Waals surface area contributed by atoms with Crippen LogP contribution in [-0.2, 0) is 14.3 Å². The molecule has 0 heterocycles. The Morgan fingerprint density at radius 3 is 2.53 bits per heavy atom. The van der Waals surface area contributed by atoms with Gasteiger partial charge in [0.2, 0.25) is 0 Å². The molecule has 19 heavy (non-hydrogen) atoms. The molecule has 0 aromatic heterocycles. The summed E-state index contributed by atoms with van der Waals surface area (Å²) in [6.45, 7) is 10.3. The van der Waals surface area contributed by atoms with Gasteiger partial charge in [0, 0.05) is 19.7 Å². The van der Waals surface area contributed by atoms with Crippen LogP contribution < -0.4 is 5.32 Å². The predicted octanol–water partition coefficient (Wildman–Crippen LogP) is 1.27. The molecule has 114 valence electrons. The van der Waals surface area contributed by atoms with Gasteiger partial charge < -0.3 is 14.8 Å². The van der Waals surface area contributed by atoms with Crippen LogP contribution in [0.2, 0.25) is 0 Å². The third-order valence-electron chi connectivity index (χ3n) is 3.22. The molecule has 0 amide bonds. The molecule has 0 fully saturated rings. The number of nitrogens with one attached hydrogen (secondary N) is 1. The second-order valence-electron chi connectivity index (χ2n) is 5.20. The van der Waals surface area contributed by atoms with Gasteiger partial charge in [0.1, 0.15) is 5.54 Å². The Hall–Kier alpha value is -0.650. The maximum atomic E-state index is 12.1. The number of carbonyl (C=O) groups excluding carboxylic acids is 1. The summed E-state index contributed by atoms with van der Waals surface area (Å²) in [4.78, 5) is 14.3. The Labute approximate surface area is 117 Å². The van der Waals surface area contributed by atoms with Crippen molar-refractivity contribution in [3.63, 3.8) is 0 Å². The Morgan fingerprint density at radius 1 is 1.42 bits per heavy atom. The maximum absolute atomic E-state index is 12.1. The summed E-state index contributed by atoms with van der Waals surface area (Å²) in [5.74, 6) is -0.195. The average molecular weight is 274 g/mol. The highest BCUT2D eigenvalue weighted by Crippen LogP contribution is 2.11. The van der Waals surface area contributed by atoms with Gasteiger partial charge in [0.05, 0.1) is 13.2 Å². The highest BCUT2D eigenvalue weighted by atomic mass is 16.5. The number of rotatable bonds is 10. The molecule has 0 bridgehead atoms. The van der Waals surface area contributed by atoms with Gasteiger partial charge in [0.15, 0.2) is 0 Å². The molecule has 0 aliphatic heterocycles. The minimum Gasteiger partial charge on any atom is -0.465 e. The molecule has 2 unspecified atom stereocenters. The Kier molecular flexibility index (Phi) is 8.97.